The first-order chi connectivity index (χ1) is 8.48. The number of alkyl halides is 1. The molecule has 1 saturated heterocycles. The highest BCUT2D eigenvalue weighted by Crippen LogP contribution is 2.22. The molecule has 1 atom stereocenters. The van der Waals surface area contributed by atoms with E-state index < -0.39 is 0 Å². The Morgan fingerprint density at radius 2 is 2.33 bits per heavy atom. The molecule has 102 valence electrons. The second-order valence-electron chi connectivity index (χ2n) is 5.66. The van der Waals surface area contributed by atoms with Crippen LogP contribution >= 0.6 is 15.9 Å². The summed E-state index contributed by atoms with van der Waals surface area (Å²) in [6, 6.07) is 0. The van der Waals surface area contributed by atoms with Gasteiger partial charge in [-0.1, -0.05) is 15.9 Å². The van der Waals surface area contributed by atoms with Gasteiger partial charge in [0.05, 0.1) is 17.9 Å². The van der Waals surface area contributed by atoms with E-state index in [0.717, 1.165) is 31.4 Å². The van der Waals surface area contributed by atoms with Crippen molar-refractivity contribution in [3.63, 3.8) is 0 Å². The smallest absolute Gasteiger partial charge is 0.0806 e. The number of nitrogens with zero attached hydrogens (tertiary/aromatic N) is 3. The third kappa shape index (κ3) is 3.80. The molecular formula is C13H22BrN3O. The number of aryl methyl sites for hydroxylation is 1. The van der Waals surface area contributed by atoms with Crippen molar-refractivity contribution >= 4 is 15.9 Å². The van der Waals surface area contributed by atoms with Crippen LogP contribution in [0.4, 0.5) is 0 Å². The van der Waals surface area contributed by atoms with Gasteiger partial charge in [-0.3, -0.25) is 9.58 Å². The fourth-order valence-electron chi connectivity index (χ4n) is 2.56. The Morgan fingerprint density at radius 3 is 2.94 bits per heavy atom. The molecule has 0 N–H and O–H groups in total. The molecule has 5 heteroatoms. The molecule has 0 aromatic carbocycles. The molecule has 1 aliphatic heterocycles. The molecule has 2 rings (SSSR count). The molecule has 1 aliphatic rings. The van der Waals surface area contributed by atoms with Gasteiger partial charge in [0.15, 0.2) is 0 Å². The summed E-state index contributed by atoms with van der Waals surface area (Å²) >= 11 is 3.52. The monoisotopic (exact) mass is 315 g/mol. The zero-order valence-electron chi connectivity index (χ0n) is 11.4. The van der Waals surface area contributed by atoms with Gasteiger partial charge in [-0.05, 0) is 25.8 Å². The van der Waals surface area contributed by atoms with Gasteiger partial charge in [0.25, 0.3) is 0 Å². The second kappa shape index (κ2) is 5.72. The van der Waals surface area contributed by atoms with E-state index in [2.05, 4.69) is 46.0 Å². The first-order valence-electron chi connectivity index (χ1n) is 6.42. The minimum atomic E-state index is -0.0500. The van der Waals surface area contributed by atoms with Gasteiger partial charge in [0.2, 0.25) is 0 Å². The topological polar surface area (TPSA) is 30.3 Å². The van der Waals surface area contributed by atoms with Crippen molar-refractivity contribution in [2.45, 2.75) is 32.0 Å². The highest BCUT2D eigenvalue weighted by molar-refractivity contribution is 9.09. The first kappa shape index (κ1) is 14.0. The molecule has 0 saturated carbocycles. The zero-order valence-corrected chi connectivity index (χ0v) is 13.0. The minimum Gasteiger partial charge on any atom is -0.369 e. The number of ether oxygens (including phenoxy) is 1. The van der Waals surface area contributed by atoms with Gasteiger partial charge in [-0.25, -0.2) is 0 Å². The van der Waals surface area contributed by atoms with E-state index in [-0.39, 0.29) is 5.60 Å². The average molecular weight is 316 g/mol. The Morgan fingerprint density at radius 1 is 1.56 bits per heavy atom. The van der Waals surface area contributed by atoms with Crippen LogP contribution in [0.1, 0.15) is 19.4 Å². The van der Waals surface area contributed by atoms with Crippen LogP contribution < -0.4 is 0 Å². The fourth-order valence-corrected chi connectivity index (χ4v) is 2.89. The molecule has 0 aliphatic carbocycles. The lowest BCUT2D eigenvalue weighted by Crippen LogP contribution is -2.53. The highest BCUT2D eigenvalue weighted by Gasteiger charge is 2.32. The molecule has 0 spiro atoms. The lowest BCUT2D eigenvalue weighted by atomic mass is 10.1. The van der Waals surface area contributed by atoms with Crippen LogP contribution in [0.5, 0.6) is 0 Å². The van der Waals surface area contributed by atoms with Crippen LogP contribution in [0.15, 0.2) is 12.4 Å². The minimum absolute atomic E-state index is 0.0500. The Balaban J connectivity index is 1.88. The lowest BCUT2D eigenvalue weighted by Gasteiger charge is -2.42. The largest absolute Gasteiger partial charge is 0.369 e. The third-order valence-corrected chi connectivity index (χ3v) is 3.92. The molecule has 1 aromatic rings. The summed E-state index contributed by atoms with van der Waals surface area (Å²) < 4.78 is 7.87. The Kier molecular flexibility index (Phi) is 4.45. The Bertz CT molecular complexity index is 391. The van der Waals surface area contributed by atoms with E-state index in [9.17, 15) is 0 Å². The fraction of sp³-hybridized carbons (Fsp3) is 0.769. The van der Waals surface area contributed by atoms with Crippen LogP contribution in [-0.2, 0) is 18.2 Å². The van der Waals surface area contributed by atoms with Crippen LogP contribution in [0.25, 0.3) is 0 Å². The molecule has 4 nitrogen and oxygen atoms in total. The lowest BCUT2D eigenvalue weighted by molar-refractivity contribution is -0.126. The quantitative estimate of drug-likeness (QED) is 0.794. The van der Waals surface area contributed by atoms with E-state index in [1.54, 1.807) is 0 Å². The molecule has 0 amide bonds. The predicted octanol–water partition coefficient (Wildman–Crippen LogP) is 1.84. The van der Waals surface area contributed by atoms with Crippen molar-refractivity contribution in [2.75, 3.05) is 25.0 Å². The average Bonchev–Trinajstić information content (AvgIpc) is 2.70. The van der Waals surface area contributed by atoms with Crippen molar-refractivity contribution in [3.05, 3.63) is 18.0 Å². The molecule has 0 bridgehead atoms. The van der Waals surface area contributed by atoms with E-state index in [0.29, 0.717) is 6.10 Å². The summed E-state index contributed by atoms with van der Waals surface area (Å²) in [5.74, 6) is 0. The zero-order chi connectivity index (χ0) is 13.2. The second-order valence-corrected chi connectivity index (χ2v) is 6.31. The van der Waals surface area contributed by atoms with E-state index in [1.807, 2.05) is 17.9 Å². The molecular weight excluding hydrogens is 294 g/mol. The number of morpholine rings is 1. The van der Waals surface area contributed by atoms with Crippen molar-refractivity contribution in [1.82, 2.24) is 14.7 Å². The standard InChI is InChI=1S/C13H22BrN3O/c1-13(2)10-17(9-12(6-14)18-13)5-4-11-7-15-16(3)8-11/h7-8,12H,4-6,9-10H2,1-3H3. The summed E-state index contributed by atoms with van der Waals surface area (Å²) in [5.41, 5.74) is 1.25. The van der Waals surface area contributed by atoms with Gasteiger partial charge >= 0.3 is 0 Å². The van der Waals surface area contributed by atoms with E-state index in [4.69, 9.17) is 4.74 Å². The molecule has 18 heavy (non-hydrogen) atoms. The molecule has 1 unspecified atom stereocenters. The maximum absolute atomic E-state index is 6.00. The van der Waals surface area contributed by atoms with E-state index >= 15 is 0 Å². The molecule has 1 fully saturated rings. The summed E-state index contributed by atoms with van der Waals surface area (Å²) in [7, 11) is 1.96. The highest BCUT2D eigenvalue weighted by atomic mass is 79.9. The predicted molar refractivity (Wildman–Crippen MR) is 76.1 cm³/mol. The number of aromatic nitrogens is 2. The van der Waals surface area contributed by atoms with E-state index in [1.165, 1.54) is 5.56 Å². The third-order valence-electron chi connectivity index (χ3n) is 3.20. The first-order valence-corrected chi connectivity index (χ1v) is 7.54. The normalized spacial score (nSPS) is 24.3. The SMILES string of the molecule is Cn1cc(CCN2CC(CBr)OC(C)(C)C2)cn1. The van der Waals surface area contributed by atoms with Gasteiger partial charge in [-0.15, -0.1) is 0 Å². The van der Waals surface area contributed by atoms with Gasteiger partial charge < -0.3 is 4.74 Å². The number of hydrogen-bond acceptors (Lipinski definition) is 3. The van der Waals surface area contributed by atoms with Gasteiger partial charge in [0.1, 0.15) is 0 Å². The summed E-state index contributed by atoms with van der Waals surface area (Å²) in [5, 5.41) is 5.11. The van der Waals surface area contributed by atoms with Gasteiger partial charge in [0, 0.05) is 38.2 Å². The van der Waals surface area contributed by atoms with Crippen LogP contribution in [0, 0.1) is 0 Å². The number of rotatable bonds is 4. The van der Waals surface area contributed by atoms with Crippen molar-refractivity contribution < 1.29 is 4.74 Å². The number of halogens is 1. The van der Waals surface area contributed by atoms with Crippen LogP contribution in [-0.4, -0.2) is 51.3 Å². The van der Waals surface area contributed by atoms with Crippen molar-refractivity contribution in [2.24, 2.45) is 7.05 Å². The van der Waals surface area contributed by atoms with Crippen LogP contribution in [0.2, 0.25) is 0 Å². The Labute approximate surface area is 117 Å². The maximum atomic E-state index is 6.00. The molecule has 1 aromatic heterocycles. The van der Waals surface area contributed by atoms with Crippen LogP contribution in [0.3, 0.4) is 0 Å². The summed E-state index contributed by atoms with van der Waals surface area (Å²) in [4.78, 5) is 2.49. The Hall–Kier alpha value is -0.390. The van der Waals surface area contributed by atoms with Gasteiger partial charge in [-0.2, -0.15) is 5.10 Å². The summed E-state index contributed by atoms with van der Waals surface area (Å²) in [6.45, 7) is 7.41. The van der Waals surface area contributed by atoms with Crippen molar-refractivity contribution in [1.29, 1.82) is 0 Å². The van der Waals surface area contributed by atoms with Crippen molar-refractivity contribution in [3.8, 4) is 0 Å². The molecule has 2 heterocycles. The summed E-state index contributed by atoms with van der Waals surface area (Å²) in [6.07, 6.45) is 5.39. The maximum Gasteiger partial charge on any atom is 0.0806 e. The molecule has 0 radical (unpaired) electrons. The number of hydrogen-bond donors (Lipinski definition) is 0.